The number of carbonyl (C=O) groups excluding carboxylic acids is 5. The van der Waals surface area contributed by atoms with Crippen LogP contribution in [0.1, 0.15) is 94.1 Å². The normalized spacial score (nSPS) is 23.6. The van der Waals surface area contributed by atoms with Crippen molar-refractivity contribution in [3.05, 3.63) is 92.9 Å². The molecule has 2 atom stereocenters. The van der Waals surface area contributed by atoms with Crippen LogP contribution in [0.5, 0.6) is 0 Å². The van der Waals surface area contributed by atoms with Crippen molar-refractivity contribution in [1.82, 2.24) is 25.0 Å². The van der Waals surface area contributed by atoms with E-state index in [0.29, 0.717) is 65.5 Å². The number of benzene rings is 2. The second kappa shape index (κ2) is 14.6. The van der Waals surface area contributed by atoms with Crippen LogP contribution >= 0.6 is 11.6 Å². The third-order valence-electron chi connectivity index (χ3n) is 13.3. The first-order chi connectivity index (χ1) is 27.5. The number of amides is 5. The lowest BCUT2D eigenvalue weighted by atomic mass is 9.77. The quantitative estimate of drug-likeness (QED) is 0.257. The molecule has 0 aliphatic carbocycles. The number of pyridine rings is 1. The molecule has 9 rings (SSSR count). The van der Waals surface area contributed by atoms with Crippen molar-refractivity contribution in [3.8, 4) is 0 Å². The molecule has 4 saturated heterocycles. The average Bonchev–Trinajstić information content (AvgIpc) is 3.84. The minimum absolute atomic E-state index is 0.0124. The Morgan fingerprint density at radius 3 is 2.26 bits per heavy atom. The number of carbonyl (C=O) groups is 5. The molecule has 6 aliphatic rings. The van der Waals surface area contributed by atoms with E-state index in [4.69, 9.17) is 23.2 Å². The zero-order chi connectivity index (χ0) is 39.6. The van der Waals surface area contributed by atoms with Crippen LogP contribution in [-0.2, 0) is 22.7 Å². The Labute approximate surface area is 336 Å². The molecule has 13 nitrogen and oxygen atoms in total. The second-order valence-electron chi connectivity index (χ2n) is 16.8. The molecule has 3 aromatic rings. The molecule has 1 unspecified atom stereocenters. The number of hydrogen-bond donors (Lipinski definition) is 1. The number of fused-ring (bicyclic) bond motifs is 2. The maximum atomic E-state index is 13.5. The van der Waals surface area contributed by atoms with Crippen molar-refractivity contribution in [3.63, 3.8) is 0 Å². The molecule has 1 spiro atoms. The summed E-state index contributed by atoms with van der Waals surface area (Å²) in [6, 6.07) is 12.7. The Morgan fingerprint density at radius 1 is 0.947 bits per heavy atom. The van der Waals surface area contributed by atoms with E-state index in [1.165, 1.54) is 0 Å². The summed E-state index contributed by atoms with van der Waals surface area (Å²) in [6.45, 7) is 15.9. The molecule has 294 valence electrons. The summed E-state index contributed by atoms with van der Waals surface area (Å²) in [4.78, 5) is 82.5. The minimum atomic E-state index is -0.971. The largest absolute Gasteiger partial charge is 0.368 e. The van der Waals surface area contributed by atoms with Crippen molar-refractivity contribution >= 4 is 58.3 Å². The van der Waals surface area contributed by atoms with Crippen molar-refractivity contribution in [2.24, 2.45) is 11.3 Å². The fourth-order valence-electron chi connectivity index (χ4n) is 10.1. The number of piperidine rings is 3. The van der Waals surface area contributed by atoms with Gasteiger partial charge in [0.15, 0.2) is 0 Å². The van der Waals surface area contributed by atoms with Crippen molar-refractivity contribution < 1.29 is 24.0 Å². The monoisotopic (exact) mass is 788 g/mol. The maximum Gasteiger partial charge on any atom is 0.262 e. The van der Waals surface area contributed by atoms with Gasteiger partial charge in [-0.2, -0.15) is 0 Å². The standard InChI is InChI=1S/C43H45ClN8O5/c1-26-20-43(25-51(26)31-4-5-35(45-2)34(44)19-31)11-15-49(16-12-43)37-7-3-28(21-46-37)40(55)50-13-9-27(10-14-50)22-48-23-29-17-32-33(18-30(29)24-48)42(57)52(41(32)56)36-6-8-38(53)47-39(36)54/h3-5,7,17-19,21,26-27,36H,6,8-16,20,22-25H2,1H3,(H,47,53,54)/t26-,36?/m0/s1. The van der Waals surface area contributed by atoms with Crippen LogP contribution in [0.3, 0.4) is 0 Å². The Balaban J connectivity index is 0.745. The van der Waals surface area contributed by atoms with E-state index in [9.17, 15) is 24.0 Å². The molecule has 0 radical (unpaired) electrons. The van der Waals surface area contributed by atoms with E-state index >= 15 is 0 Å². The van der Waals surface area contributed by atoms with Crippen LogP contribution in [0.4, 0.5) is 17.2 Å². The highest BCUT2D eigenvalue weighted by Crippen LogP contribution is 2.46. The van der Waals surface area contributed by atoms with Gasteiger partial charge in [0.05, 0.1) is 23.3 Å². The summed E-state index contributed by atoms with van der Waals surface area (Å²) in [5.74, 6) is -0.621. The number of anilines is 2. The Bertz CT molecular complexity index is 2180. The van der Waals surface area contributed by atoms with Crippen LogP contribution in [0, 0.1) is 17.9 Å². The molecular weight excluding hydrogens is 744 g/mol. The van der Waals surface area contributed by atoms with Crippen LogP contribution in [0.15, 0.2) is 48.7 Å². The van der Waals surface area contributed by atoms with Gasteiger partial charge in [0.1, 0.15) is 11.9 Å². The van der Waals surface area contributed by atoms with Gasteiger partial charge in [-0.15, -0.1) is 0 Å². The van der Waals surface area contributed by atoms with Gasteiger partial charge in [-0.3, -0.25) is 39.1 Å². The smallest absolute Gasteiger partial charge is 0.262 e. The van der Waals surface area contributed by atoms with E-state index in [-0.39, 0.29) is 24.2 Å². The zero-order valence-corrected chi connectivity index (χ0v) is 32.8. The van der Waals surface area contributed by atoms with Gasteiger partial charge in [-0.1, -0.05) is 17.7 Å². The van der Waals surface area contributed by atoms with Gasteiger partial charge >= 0.3 is 0 Å². The topological polar surface area (TPSA) is 131 Å². The lowest BCUT2D eigenvalue weighted by molar-refractivity contribution is -0.136. The first kappa shape index (κ1) is 37.3. The van der Waals surface area contributed by atoms with Gasteiger partial charge in [0.25, 0.3) is 17.7 Å². The van der Waals surface area contributed by atoms with Crippen molar-refractivity contribution in [2.45, 2.75) is 77.0 Å². The summed E-state index contributed by atoms with van der Waals surface area (Å²) < 4.78 is 0. The Hall–Kier alpha value is -5.32. The summed E-state index contributed by atoms with van der Waals surface area (Å²) in [6.07, 6.45) is 6.98. The van der Waals surface area contributed by atoms with E-state index in [1.807, 2.05) is 35.2 Å². The van der Waals surface area contributed by atoms with Crippen LogP contribution < -0.4 is 15.1 Å². The number of aromatic nitrogens is 1. The van der Waals surface area contributed by atoms with Crippen molar-refractivity contribution in [2.75, 3.05) is 49.1 Å². The lowest BCUT2D eigenvalue weighted by Gasteiger charge is -2.40. The summed E-state index contributed by atoms with van der Waals surface area (Å²) in [7, 11) is 0. The molecule has 4 fully saturated rings. The molecule has 57 heavy (non-hydrogen) atoms. The number of imide groups is 2. The number of hydrogen-bond acceptors (Lipinski definition) is 9. The van der Waals surface area contributed by atoms with E-state index in [1.54, 1.807) is 18.3 Å². The molecule has 1 N–H and O–H groups in total. The van der Waals surface area contributed by atoms with Gasteiger partial charge in [0, 0.05) is 81.7 Å². The SMILES string of the molecule is [C-]#[N+]c1ccc(N2CC3(CCN(c4ccc(C(=O)N5CCC(CN6Cc7cc8c(cc7C6)C(=O)N(C6CCC(=O)NC6=O)C8=O)CC5)cn4)CC3)C[C@@H]2C)cc1Cl. The molecule has 0 bridgehead atoms. The average molecular weight is 789 g/mol. The van der Waals surface area contributed by atoms with Gasteiger partial charge in [-0.25, -0.2) is 9.83 Å². The van der Waals surface area contributed by atoms with Gasteiger partial charge in [0.2, 0.25) is 17.5 Å². The molecule has 2 aromatic carbocycles. The minimum Gasteiger partial charge on any atom is -0.368 e. The van der Waals surface area contributed by atoms with Crippen LogP contribution in [0.2, 0.25) is 5.02 Å². The molecule has 0 saturated carbocycles. The maximum absolute atomic E-state index is 13.5. The summed E-state index contributed by atoms with van der Waals surface area (Å²) >= 11 is 6.38. The first-order valence-electron chi connectivity index (χ1n) is 20.0. The third kappa shape index (κ3) is 6.82. The zero-order valence-electron chi connectivity index (χ0n) is 32.0. The van der Waals surface area contributed by atoms with Crippen LogP contribution in [0.25, 0.3) is 4.85 Å². The highest BCUT2D eigenvalue weighted by molar-refractivity contribution is 6.33. The van der Waals surface area contributed by atoms with E-state index < -0.39 is 29.7 Å². The second-order valence-corrected chi connectivity index (χ2v) is 17.2. The highest BCUT2D eigenvalue weighted by Gasteiger charge is 2.46. The fraction of sp³-hybridized carbons (Fsp3) is 0.465. The Kier molecular flexibility index (Phi) is 9.52. The lowest BCUT2D eigenvalue weighted by Crippen LogP contribution is -2.54. The first-order valence-corrected chi connectivity index (χ1v) is 20.4. The summed E-state index contributed by atoms with van der Waals surface area (Å²) in [5, 5.41) is 2.75. The van der Waals surface area contributed by atoms with E-state index in [0.717, 1.165) is 85.8 Å². The van der Waals surface area contributed by atoms with Crippen molar-refractivity contribution in [1.29, 1.82) is 0 Å². The third-order valence-corrected chi connectivity index (χ3v) is 13.6. The molecule has 5 amide bonds. The number of nitrogens with one attached hydrogen (secondary N) is 1. The van der Waals surface area contributed by atoms with Crippen LogP contribution in [-0.4, -0.2) is 101 Å². The molecule has 14 heteroatoms. The summed E-state index contributed by atoms with van der Waals surface area (Å²) in [5.41, 5.74) is 5.07. The number of halogens is 1. The van der Waals surface area contributed by atoms with E-state index in [2.05, 4.69) is 31.8 Å². The Morgan fingerprint density at radius 2 is 1.65 bits per heavy atom. The number of nitrogens with zero attached hydrogens (tertiary/aromatic N) is 7. The molecule has 1 aromatic heterocycles. The molecular formula is C43H45ClN8O5. The predicted molar refractivity (Wildman–Crippen MR) is 213 cm³/mol. The number of rotatable bonds is 6. The fourth-order valence-corrected chi connectivity index (χ4v) is 10.4. The highest BCUT2D eigenvalue weighted by atomic mass is 35.5. The van der Waals surface area contributed by atoms with Gasteiger partial charge < -0.3 is 14.7 Å². The molecule has 7 heterocycles. The number of likely N-dealkylation sites (tertiary alicyclic amines) is 1. The predicted octanol–water partition coefficient (Wildman–Crippen LogP) is 5.44. The van der Waals surface area contributed by atoms with Gasteiger partial charge in [-0.05, 0) is 104 Å². The molecule has 6 aliphatic heterocycles.